The first kappa shape index (κ1) is 68.0. The van der Waals surface area contributed by atoms with E-state index in [1.165, 1.54) is 45.4 Å². The molecule has 0 amide bonds. The van der Waals surface area contributed by atoms with Gasteiger partial charge in [-0.15, -0.1) is 21.8 Å². The van der Waals surface area contributed by atoms with Crippen molar-refractivity contribution in [1.82, 2.24) is 77.8 Å². The van der Waals surface area contributed by atoms with Gasteiger partial charge in [0, 0.05) is 114 Å². The van der Waals surface area contributed by atoms with Gasteiger partial charge in [0.2, 0.25) is 0 Å². The fourth-order valence-corrected chi connectivity index (χ4v) is 12.7. The molecule has 5 aromatic carbocycles. The van der Waals surface area contributed by atoms with Crippen LogP contribution >= 0.6 is 19.5 Å². The Morgan fingerprint density at radius 2 is 0.935 bits per heavy atom. The molecule has 3 aliphatic heterocycles. The summed E-state index contributed by atoms with van der Waals surface area (Å²) in [6.07, 6.45) is 17.3. The number of imidazole rings is 2. The van der Waals surface area contributed by atoms with E-state index in [0.717, 1.165) is 119 Å². The number of halogens is 2. The number of carbonyl (C=O) groups excluding carboxylic acids is 1. The Hall–Kier alpha value is -8.33. The predicted molar refractivity (Wildman–Crippen MR) is 360 cm³/mol. The van der Waals surface area contributed by atoms with E-state index in [4.69, 9.17) is 22.7 Å². The Balaban J connectivity index is 0.000000148. The number of hydrogen-bond acceptors (Lipinski definition) is 13. The van der Waals surface area contributed by atoms with Gasteiger partial charge in [-0.25, -0.2) is 38.5 Å². The van der Waals surface area contributed by atoms with Gasteiger partial charge in [0.05, 0.1) is 45.7 Å². The number of alkyl halides is 1. The van der Waals surface area contributed by atoms with Crippen molar-refractivity contribution in [2.24, 2.45) is 0 Å². The van der Waals surface area contributed by atoms with E-state index in [1.54, 1.807) is 16.9 Å². The van der Waals surface area contributed by atoms with Crippen LogP contribution in [0.2, 0.25) is 0 Å². The molecule has 0 bridgehead atoms. The molecule has 16 rings (SSSR count). The van der Waals surface area contributed by atoms with Crippen LogP contribution < -0.4 is 28.3 Å². The van der Waals surface area contributed by atoms with Crippen LogP contribution in [0.3, 0.4) is 0 Å². The summed E-state index contributed by atoms with van der Waals surface area (Å²) in [5.41, 5.74) is 14.4. The summed E-state index contributed by atoms with van der Waals surface area (Å²) < 4.78 is 19.8. The molecule has 0 unspecified atom stereocenters. The summed E-state index contributed by atoms with van der Waals surface area (Å²) in [6.45, 7) is 17.4. The van der Waals surface area contributed by atoms with Crippen LogP contribution in [0, 0.1) is 72.7 Å². The Labute approximate surface area is 574 Å². The van der Waals surface area contributed by atoms with Crippen LogP contribution in [0.1, 0.15) is 98.7 Å². The molecule has 0 atom stereocenters. The van der Waals surface area contributed by atoms with E-state index < -0.39 is 7.92 Å². The van der Waals surface area contributed by atoms with Crippen molar-refractivity contribution in [3.05, 3.63) is 245 Å². The van der Waals surface area contributed by atoms with Gasteiger partial charge < -0.3 is 26.3 Å². The largest absolute Gasteiger partial charge is 1.00 e. The van der Waals surface area contributed by atoms with Crippen molar-refractivity contribution in [1.29, 1.82) is 1.34 Å². The van der Waals surface area contributed by atoms with E-state index in [0.29, 0.717) is 23.2 Å². The van der Waals surface area contributed by atoms with Gasteiger partial charge in [0.15, 0.2) is 40.7 Å². The maximum Gasteiger partial charge on any atom is 0.177 e. The van der Waals surface area contributed by atoms with E-state index in [2.05, 4.69) is 191 Å². The van der Waals surface area contributed by atoms with E-state index in [-0.39, 0.29) is 43.5 Å². The first-order valence-electron chi connectivity index (χ1n) is 30.1. The number of ether oxygens (including phenoxy) is 1. The van der Waals surface area contributed by atoms with Crippen molar-refractivity contribution in [3.8, 4) is 22.8 Å². The SMILES string of the molecule is C1CCOC1.CCc1nc2c(C)ncc(C)n2n1.Cc1ncc(C)n2nc(/C=C/c3cn4c(n3)-c3ccccc3C4)nc12.Cc1ncc(C)n2nc(CCl)nc12.O=Cc1cn2c(n1)-c1ccccc1C2.[2H][B].[Cl-].[U].c1ccc(P(c2ccccc2)c2ccccc2)cc1. The molecule has 1 saturated heterocycles. The van der Waals surface area contributed by atoms with Crippen molar-refractivity contribution in [2.75, 3.05) is 13.2 Å². The second-order valence-corrected chi connectivity index (χ2v) is 23.8. The molecule has 92 heavy (non-hydrogen) atoms. The minimum atomic E-state index is -0.446. The predicted octanol–water partition coefficient (Wildman–Crippen LogP) is 8.24. The molecular formula is C69H69BCl2N16O2PU-. The third kappa shape index (κ3) is 16.3. The average Bonchev–Trinajstić information content (AvgIpc) is 1.40. The van der Waals surface area contributed by atoms with E-state index >= 15 is 0 Å². The zero-order chi connectivity index (χ0) is 63.8. The van der Waals surface area contributed by atoms with Crippen LogP contribution in [0.4, 0.5) is 0 Å². The topological polar surface area (TPSA) is 191 Å². The van der Waals surface area contributed by atoms with Crippen LogP contribution in [-0.2, 0) is 30.1 Å². The molecule has 0 N–H and O–H groups in total. The molecule has 0 aliphatic carbocycles. The van der Waals surface area contributed by atoms with Gasteiger partial charge in [-0.3, -0.25) is 19.7 Å². The zero-order valence-electron chi connectivity index (χ0n) is 53.3. The standard InChI is InChI=1S/C19H16N6.C18H15P.C11H8N2O.C9H12N4.C8H9ClN4.C4H8O.BH.ClH.U/c1-12-9-20-13(2)18-22-17(23-25(12)18)8-7-15-11-24-10-14-5-3-4-6-16(14)19(24)21-15;1-4-10-16(11-5-1)19(17-12-6-2-7-13-17)18-14-8-3-9-15-18;14-7-9-6-13-5-8-3-1-2-4-10(8)11(13)12-9;1-4-8-11-9-7(3)10-5-6(2)13(9)12-8;1-5-4-10-6(2)8-11-7(3-9)12-13(5)8;1-2-4-5-3-1;;;/h3-9,11H,10H2,1-2H3;1-15H;1-4,6-7H,5H2;5H,4H2,1-3H3;4H,3H2,1-2H3;1-4H2;2*1H;/p-1/b8-7+;;;;;;;;/i;;;;;;1D;;. The second-order valence-electron chi connectivity index (χ2n) is 21.3. The number of carbonyl (C=O) groups is 1. The maximum atomic E-state index is 10.5. The van der Waals surface area contributed by atoms with Gasteiger partial charge in [0.25, 0.3) is 0 Å². The molecule has 0 saturated carbocycles. The van der Waals surface area contributed by atoms with Crippen molar-refractivity contribution < 1.29 is 53.1 Å². The number of benzene rings is 5. The molecule has 2 radical (unpaired) electrons. The molecule has 13 aromatic rings. The molecule has 3 aliphatic rings. The summed E-state index contributed by atoms with van der Waals surface area (Å²) in [5, 5.41) is 17.3. The molecule has 18 nitrogen and oxygen atoms in total. The molecular weight excluding hydrogens is 1440 g/mol. The molecule has 1 fully saturated rings. The first-order valence-corrected chi connectivity index (χ1v) is 31.4. The van der Waals surface area contributed by atoms with Gasteiger partial charge in [0.1, 0.15) is 17.3 Å². The number of aromatic nitrogens is 16. The molecule has 464 valence electrons. The number of hydrogen-bond donors (Lipinski definition) is 0. The van der Waals surface area contributed by atoms with Crippen molar-refractivity contribution >= 4 is 79.2 Å². The molecule has 11 heterocycles. The number of fused-ring (bicyclic) bond motifs is 9. The van der Waals surface area contributed by atoms with Crippen LogP contribution in [0.25, 0.3) is 51.9 Å². The number of aryl methyl sites for hydroxylation is 7. The second kappa shape index (κ2) is 32.8. The third-order valence-corrected chi connectivity index (χ3v) is 17.5. The van der Waals surface area contributed by atoms with Crippen LogP contribution in [0.5, 0.6) is 0 Å². The average molecular weight is 1510 g/mol. The summed E-state index contributed by atoms with van der Waals surface area (Å²) in [7, 11) is 3.30. The Kier molecular flexibility index (Phi) is 24.3. The quantitative estimate of drug-likeness (QED) is 0.0612. The van der Waals surface area contributed by atoms with Crippen LogP contribution in [0.15, 0.2) is 171 Å². The molecule has 0 spiro atoms. The minimum Gasteiger partial charge on any atom is -1.00 e. The summed E-state index contributed by atoms with van der Waals surface area (Å²) >= 11 is 5.64. The fourth-order valence-electron chi connectivity index (χ4n) is 10.3. The number of nitrogens with zero attached hydrogens (tertiary/aromatic N) is 16. The Morgan fingerprint density at radius 1 is 0.533 bits per heavy atom. The summed E-state index contributed by atoms with van der Waals surface area (Å²) in [5.74, 6) is 4.44. The zero-order valence-corrected chi connectivity index (χ0v) is 58.9. The van der Waals surface area contributed by atoms with Gasteiger partial charge >= 0.3 is 0 Å². The van der Waals surface area contributed by atoms with Crippen LogP contribution in [-0.4, -0.2) is 107 Å². The van der Waals surface area contributed by atoms with Crippen molar-refractivity contribution in [3.63, 3.8) is 0 Å². The summed E-state index contributed by atoms with van der Waals surface area (Å²) in [4.78, 5) is 45.5. The maximum absolute atomic E-state index is 10.5. The van der Waals surface area contributed by atoms with E-state index in [1.807, 2.05) is 105 Å². The van der Waals surface area contributed by atoms with Gasteiger partial charge in [-0.2, -0.15) is 5.10 Å². The Morgan fingerprint density at radius 3 is 1.35 bits per heavy atom. The molecule has 23 heteroatoms. The smallest absolute Gasteiger partial charge is 0.177 e. The number of aldehydes is 1. The first-order chi connectivity index (χ1) is 44.5. The Bertz CT molecular complexity index is 4300. The minimum absolute atomic E-state index is 0. The fraction of sp³-hybridized carbons (Fsp3) is 0.217. The summed E-state index contributed by atoms with van der Waals surface area (Å²) in [6, 6.07) is 48.9. The van der Waals surface area contributed by atoms with Gasteiger partial charge in [-0.05, 0) is 103 Å². The molecule has 8 aromatic heterocycles. The van der Waals surface area contributed by atoms with E-state index in [9.17, 15) is 4.79 Å². The number of rotatable bonds is 8. The normalized spacial score (nSPS) is 12.0. The third-order valence-electron chi connectivity index (χ3n) is 14.9. The monoisotopic (exact) mass is 1500 g/mol. The van der Waals surface area contributed by atoms with Crippen molar-refractivity contribution in [2.45, 2.75) is 86.7 Å². The van der Waals surface area contributed by atoms with Gasteiger partial charge in [-0.1, -0.05) is 146 Å².